The van der Waals surface area contributed by atoms with Gasteiger partial charge >= 0.3 is 5.97 Å². The van der Waals surface area contributed by atoms with Gasteiger partial charge in [0.15, 0.2) is 0 Å². The standard InChI is InChI=1S/C20H24ClNO4/c1-14(12-20(22,24)16-4-3-5-17(21)11-16)13-26-18-8-6-15(7-9-18)10-19(23)25-2/h3-9,11,14,24H,10,12-13,22H2,1-2H3. The Kier molecular flexibility index (Phi) is 7.03. The summed E-state index contributed by atoms with van der Waals surface area (Å²) in [6.07, 6.45) is 0.556. The second-order valence-corrected chi connectivity index (χ2v) is 6.89. The predicted molar refractivity (Wildman–Crippen MR) is 101 cm³/mol. The molecule has 0 radical (unpaired) electrons. The zero-order valence-electron chi connectivity index (χ0n) is 14.9. The van der Waals surface area contributed by atoms with E-state index in [-0.39, 0.29) is 18.3 Å². The third-order valence-corrected chi connectivity index (χ3v) is 4.25. The fourth-order valence-corrected chi connectivity index (χ4v) is 2.84. The second-order valence-electron chi connectivity index (χ2n) is 6.45. The van der Waals surface area contributed by atoms with Crippen LogP contribution in [-0.4, -0.2) is 24.8 Å². The monoisotopic (exact) mass is 377 g/mol. The first-order valence-electron chi connectivity index (χ1n) is 8.36. The Labute approximate surface area is 158 Å². The molecule has 5 nitrogen and oxygen atoms in total. The zero-order chi connectivity index (χ0) is 19.2. The first kappa shape index (κ1) is 20.2. The largest absolute Gasteiger partial charge is 0.493 e. The van der Waals surface area contributed by atoms with Crippen molar-refractivity contribution in [3.8, 4) is 5.75 Å². The highest BCUT2D eigenvalue weighted by atomic mass is 35.5. The third-order valence-electron chi connectivity index (χ3n) is 4.02. The second kappa shape index (κ2) is 9.03. The summed E-state index contributed by atoms with van der Waals surface area (Å²) in [6, 6.07) is 14.1. The summed E-state index contributed by atoms with van der Waals surface area (Å²) in [5, 5.41) is 11.1. The lowest BCUT2D eigenvalue weighted by Crippen LogP contribution is -2.39. The molecule has 0 saturated carbocycles. The minimum Gasteiger partial charge on any atom is -0.493 e. The van der Waals surface area contributed by atoms with Crippen LogP contribution in [0.5, 0.6) is 5.75 Å². The summed E-state index contributed by atoms with van der Waals surface area (Å²) in [5.41, 5.74) is 6.01. The number of nitrogens with two attached hydrogens (primary N) is 1. The Morgan fingerprint density at radius 3 is 2.58 bits per heavy atom. The molecular weight excluding hydrogens is 354 g/mol. The maximum Gasteiger partial charge on any atom is 0.309 e. The summed E-state index contributed by atoms with van der Waals surface area (Å²) in [4.78, 5) is 11.3. The van der Waals surface area contributed by atoms with E-state index < -0.39 is 5.72 Å². The lowest BCUT2D eigenvalue weighted by molar-refractivity contribution is -0.139. The van der Waals surface area contributed by atoms with E-state index in [2.05, 4.69) is 4.74 Å². The summed E-state index contributed by atoms with van der Waals surface area (Å²) in [7, 11) is 1.36. The number of carbonyl (C=O) groups is 1. The van der Waals surface area contributed by atoms with Crippen LogP contribution in [0.2, 0.25) is 5.02 Å². The smallest absolute Gasteiger partial charge is 0.309 e. The van der Waals surface area contributed by atoms with Gasteiger partial charge in [-0.25, -0.2) is 0 Å². The molecule has 3 N–H and O–H groups in total. The molecule has 0 fully saturated rings. The van der Waals surface area contributed by atoms with Crippen molar-refractivity contribution < 1.29 is 19.4 Å². The van der Waals surface area contributed by atoms with Crippen LogP contribution in [0.1, 0.15) is 24.5 Å². The lowest BCUT2D eigenvalue weighted by atomic mass is 9.93. The lowest BCUT2D eigenvalue weighted by Gasteiger charge is -2.27. The van der Waals surface area contributed by atoms with Crippen LogP contribution >= 0.6 is 11.6 Å². The van der Waals surface area contributed by atoms with Crippen LogP contribution < -0.4 is 10.5 Å². The van der Waals surface area contributed by atoms with E-state index in [4.69, 9.17) is 22.1 Å². The third kappa shape index (κ3) is 6.02. The topological polar surface area (TPSA) is 81.8 Å². The molecular formula is C20H24ClNO4. The Morgan fingerprint density at radius 2 is 1.96 bits per heavy atom. The Morgan fingerprint density at radius 1 is 1.27 bits per heavy atom. The molecule has 0 aliphatic carbocycles. The number of methoxy groups -OCH3 is 1. The molecule has 6 heteroatoms. The highest BCUT2D eigenvalue weighted by Gasteiger charge is 2.27. The molecule has 0 saturated heterocycles. The quantitative estimate of drug-likeness (QED) is 0.545. The van der Waals surface area contributed by atoms with Crippen molar-refractivity contribution in [1.29, 1.82) is 0 Å². The number of benzene rings is 2. The SMILES string of the molecule is COC(=O)Cc1ccc(OCC(C)CC(N)(O)c2cccc(Cl)c2)cc1. The Balaban J connectivity index is 1.88. The summed E-state index contributed by atoms with van der Waals surface area (Å²) < 4.78 is 10.4. The summed E-state index contributed by atoms with van der Waals surface area (Å²) in [5.74, 6) is 0.419. The highest BCUT2D eigenvalue weighted by Crippen LogP contribution is 2.26. The van der Waals surface area contributed by atoms with Crippen LogP contribution in [0, 0.1) is 5.92 Å². The van der Waals surface area contributed by atoms with Gasteiger partial charge < -0.3 is 14.6 Å². The molecule has 2 aromatic carbocycles. The molecule has 0 bridgehead atoms. The molecule has 0 heterocycles. The van der Waals surface area contributed by atoms with Crippen molar-refractivity contribution in [3.05, 3.63) is 64.7 Å². The average molecular weight is 378 g/mol. The number of carbonyl (C=O) groups excluding carboxylic acids is 1. The van der Waals surface area contributed by atoms with Gasteiger partial charge in [0, 0.05) is 5.02 Å². The molecule has 0 aliphatic rings. The van der Waals surface area contributed by atoms with Gasteiger partial charge in [0.2, 0.25) is 0 Å². The molecule has 26 heavy (non-hydrogen) atoms. The molecule has 0 spiro atoms. The van der Waals surface area contributed by atoms with E-state index in [1.165, 1.54) is 7.11 Å². The molecule has 140 valence electrons. The van der Waals surface area contributed by atoms with Gasteiger partial charge in [-0.05, 0) is 47.7 Å². The maximum absolute atomic E-state index is 11.3. The van der Waals surface area contributed by atoms with Crippen molar-refractivity contribution >= 4 is 17.6 Å². The minimum atomic E-state index is -1.47. The first-order valence-corrected chi connectivity index (χ1v) is 8.74. The van der Waals surface area contributed by atoms with Crippen molar-refractivity contribution in [3.63, 3.8) is 0 Å². The van der Waals surface area contributed by atoms with Gasteiger partial charge in [-0.2, -0.15) is 0 Å². The van der Waals surface area contributed by atoms with E-state index in [0.717, 1.165) is 5.56 Å². The normalized spacial score (nSPS) is 14.3. The number of hydrogen-bond acceptors (Lipinski definition) is 5. The Bertz CT molecular complexity index is 731. The predicted octanol–water partition coefficient (Wildman–Crippen LogP) is 3.26. The summed E-state index contributed by atoms with van der Waals surface area (Å²) >= 11 is 5.96. The molecule has 0 aromatic heterocycles. The Hall–Kier alpha value is -2.08. The van der Waals surface area contributed by atoms with Gasteiger partial charge in [-0.1, -0.05) is 42.8 Å². The van der Waals surface area contributed by atoms with Gasteiger partial charge in [0.1, 0.15) is 11.5 Å². The van der Waals surface area contributed by atoms with E-state index >= 15 is 0 Å². The molecule has 2 atom stereocenters. The zero-order valence-corrected chi connectivity index (χ0v) is 15.7. The fourth-order valence-electron chi connectivity index (χ4n) is 2.65. The first-order chi connectivity index (χ1) is 12.3. The number of rotatable bonds is 8. The van der Waals surface area contributed by atoms with Crippen LogP contribution in [0.15, 0.2) is 48.5 Å². The van der Waals surface area contributed by atoms with Gasteiger partial charge in [0.05, 0.1) is 20.1 Å². The molecule has 2 rings (SSSR count). The van der Waals surface area contributed by atoms with Crippen molar-refractivity contribution in [2.45, 2.75) is 25.5 Å². The number of aliphatic hydroxyl groups is 1. The van der Waals surface area contributed by atoms with Crippen LogP contribution in [0.25, 0.3) is 0 Å². The molecule has 2 unspecified atom stereocenters. The maximum atomic E-state index is 11.3. The van der Waals surface area contributed by atoms with E-state index in [1.54, 1.807) is 36.4 Å². The summed E-state index contributed by atoms with van der Waals surface area (Å²) in [6.45, 7) is 2.35. The number of hydrogen-bond donors (Lipinski definition) is 2. The van der Waals surface area contributed by atoms with Gasteiger partial charge in [-0.15, -0.1) is 0 Å². The molecule has 2 aromatic rings. The molecule has 0 aliphatic heterocycles. The van der Waals surface area contributed by atoms with E-state index in [0.29, 0.717) is 29.4 Å². The minimum absolute atomic E-state index is 0.0127. The van der Waals surface area contributed by atoms with E-state index in [9.17, 15) is 9.90 Å². The van der Waals surface area contributed by atoms with Crippen molar-refractivity contribution in [2.75, 3.05) is 13.7 Å². The van der Waals surface area contributed by atoms with Gasteiger partial charge in [0.25, 0.3) is 0 Å². The van der Waals surface area contributed by atoms with Crippen LogP contribution in [0.3, 0.4) is 0 Å². The highest BCUT2D eigenvalue weighted by molar-refractivity contribution is 6.30. The number of esters is 1. The van der Waals surface area contributed by atoms with Crippen molar-refractivity contribution in [1.82, 2.24) is 0 Å². The van der Waals surface area contributed by atoms with Crippen LogP contribution in [-0.2, 0) is 21.7 Å². The fraction of sp³-hybridized carbons (Fsp3) is 0.350. The molecule has 0 amide bonds. The average Bonchev–Trinajstić information content (AvgIpc) is 2.60. The number of halogens is 1. The van der Waals surface area contributed by atoms with Crippen molar-refractivity contribution in [2.24, 2.45) is 11.7 Å². The van der Waals surface area contributed by atoms with Crippen LogP contribution in [0.4, 0.5) is 0 Å². The van der Waals surface area contributed by atoms with Gasteiger partial charge in [-0.3, -0.25) is 10.5 Å². The van der Waals surface area contributed by atoms with E-state index in [1.807, 2.05) is 19.1 Å². The number of ether oxygens (including phenoxy) is 2.